The van der Waals surface area contributed by atoms with E-state index in [2.05, 4.69) is 36.8 Å². The Morgan fingerprint density at radius 3 is 2.59 bits per heavy atom. The van der Waals surface area contributed by atoms with Crippen LogP contribution in [-0.4, -0.2) is 35.1 Å². The van der Waals surface area contributed by atoms with Crippen LogP contribution in [0.4, 0.5) is 0 Å². The molecule has 0 aromatic heterocycles. The molecule has 2 aliphatic heterocycles. The average Bonchev–Trinajstić information content (AvgIpc) is 3.27. The highest BCUT2D eigenvalue weighted by Gasteiger charge is 2.55. The van der Waals surface area contributed by atoms with Gasteiger partial charge in [-0.3, -0.25) is 4.79 Å². The lowest BCUT2D eigenvalue weighted by Crippen LogP contribution is -2.41. The molecule has 6 heteroatoms. The number of fused-ring (bicyclic) bond motifs is 1. The number of ether oxygens (including phenoxy) is 1. The summed E-state index contributed by atoms with van der Waals surface area (Å²) in [5.41, 5.74) is 8.34. The second-order valence-electron chi connectivity index (χ2n) is 7.78. The molecule has 2 aromatic rings. The summed E-state index contributed by atoms with van der Waals surface area (Å²) in [6.07, 6.45) is 1.84. The van der Waals surface area contributed by atoms with Gasteiger partial charge in [-0.2, -0.15) is 0 Å². The first-order valence-corrected chi connectivity index (χ1v) is 10.5. The van der Waals surface area contributed by atoms with Crippen molar-refractivity contribution in [3.63, 3.8) is 0 Å². The van der Waals surface area contributed by atoms with Gasteiger partial charge in [0.25, 0.3) is 0 Å². The predicted octanol–water partition coefficient (Wildman–Crippen LogP) is 3.31. The van der Waals surface area contributed by atoms with Gasteiger partial charge in [-0.25, -0.2) is 10.9 Å². The number of carbonyl (C=O) groups is 1. The molecule has 0 bridgehead atoms. The van der Waals surface area contributed by atoms with Crippen molar-refractivity contribution in [3.05, 3.63) is 59.7 Å². The summed E-state index contributed by atoms with van der Waals surface area (Å²) in [4.78, 5) is 15.2. The molecule has 4 unspecified atom stereocenters. The summed E-state index contributed by atoms with van der Waals surface area (Å²) in [6, 6.07) is 14.8. The molecular weight excluding hydrogens is 366 g/mol. The summed E-state index contributed by atoms with van der Waals surface area (Å²) in [5, 5.41) is 10.4. The lowest BCUT2D eigenvalue weighted by atomic mass is 9.83. The second kappa shape index (κ2) is 8.43. The van der Waals surface area contributed by atoms with E-state index >= 15 is 0 Å². The van der Waals surface area contributed by atoms with Crippen LogP contribution in [0.2, 0.25) is 0 Å². The highest BCUT2D eigenvalue weighted by molar-refractivity contribution is 5.86. The number of nitrogens with one attached hydrogen (secondary N) is 2. The molecule has 2 fully saturated rings. The summed E-state index contributed by atoms with van der Waals surface area (Å²) >= 11 is 0. The highest BCUT2D eigenvalue weighted by Crippen LogP contribution is 2.48. The number of phenolic OH excluding ortho intramolecular Hbond substituents is 1. The lowest BCUT2D eigenvalue weighted by Gasteiger charge is -2.31. The summed E-state index contributed by atoms with van der Waals surface area (Å²) in [5.74, 6) is 1.14. The maximum absolute atomic E-state index is 13.2. The molecule has 0 saturated carbocycles. The van der Waals surface area contributed by atoms with Crippen LogP contribution in [0.25, 0.3) is 0 Å². The fourth-order valence-electron chi connectivity index (χ4n) is 4.62. The number of carbonyl (C=O) groups excluding carboxylic acids is 1. The molecule has 4 rings (SSSR count). The van der Waals surface area contributed by atoms with Gasteiger partial charge in [0.15, 0.2) is 0 Å². The molecule has 0 aliphatic carbocycles. The molecule has 2 aliphatic rings. The third-order valence-corrected chi connectivity index (χ3v) is 5.82. The zero-order chi connectivity index (χ0) is 20.4. The van der Waals surface area contributed by atoms with Crippen LogP contribution in [0.5, 0.6) is 11.5 Å². The SMILES string of the molecule is CCCOc1cccc(C2C3C(NNC3c3ccccc3O)C(=O)N2CCC)c1. The van der Waals surface area contributed by atoms with Gasteiger partial charge in [0.2, 0.25) is 5.91 Å². The van der Waals surface area contributed by atoms with Crippen LogP contribution >= 0.6 is 0 Å². The van der Waals surface area contributed by atoms with Crippen molar-refractivity contribution in [1.29, 1.82) is 0 Å². The standard InChI is InChI=1S/C23H29N3O3/c1-3-12-26-22(15-8-7-9-16(14-15)29-13-4-2)19-20(24-25-21(19)23(26)28)17-10-5-6-11-18(17)27/h5-11,14,19-22,24-25,27H,3-4,12-13H2,1-2H3. The first kappa shape index (κ1) is 19.7. The van der Waals surface area contributed by atoms with Crippen LogP contribution in [0.15, 0.2) is 48.5 Å². The van der Waals surface area contributed by atoms with Crippen molar-refractivity contribution in [2.45, 2.75) is 44.8 Å². The van der Waals surface area contributed by atoms with Gasteiger partial charge < -0.3 is 14.7 Å². The van der Waals surface area contributed by atoms with Gasteiger partial charge in [0.1, 0.15) is 17.5 Å². The van der Waals surface area contributed by atoms with Gasteiger partial charge >= 0.3 is 0 Å². The number of likely N-dealkylation sites (tertiary alicyclic amines) is 1. The third-order valence-electron chi connectivity index (χ3n) is 5.82. The minimum absolute atomic E-state index is 0.0382. The molecule has 1 amide bonds. The molecule has 2 saturated heterocycles. The van der Waals surface area contributed by atoms with Crippen LogP contribution < -0.4 is 15.6 Å². The number of hydrazine groups is 1. The van der Waals surface area contributed by atoms with E-state index in [4.69, 9.17) is 4.74 Å². The molecule has 2 aromatic carbocycles. The topological polar surface area (TPSA) is 73.8 Å². The van der Waals surface area contributed by atoms with E-state index in [0.717, 1.165) is 29.7 Å². The van der Waals surface area contributed by atoms with Crippen molar-refractivity contribution in [3.8, 4) is 11.5 Å². The fraction of sp³-hybridized carbons (Fsp3) is 0.435. The number of benzene rings is 2. The Labute approximate surface area is 171 Å². The van der Waals surface area contributed by atoms with E-state index in [0.29, 0.717) is 13.2 Å². The number of amides is 1. The Kier molecular flexibility index (Phi) is 5.74. The lowest BCUT2D eigenvalue weighted by molar-refractivity contribution is -0.130. The number of hydrogen-bond donors (Lipinski definition) is 3. The maximum Gasteiger partial charge on any atom is 0.242 e. The summed E-state index contributed by atoms with van der Waals surface area (Å²) < 4.78 is 5.84. The van der Waals surface area contributed by atoms with E-state index in [1.54, 1.807) is 6.07 Å². The van der Waals surface area contributed by atoms with Crippen molar-refractivity contribution in [2.24, 2.45) is 5.92 Å². The monoisotopic (exact) mass is 395 g/mol. The molecular formula is C23H29N3O3. The third kappa shape index (κ3) is 3.58. The van der Waals surface area contributed by atoms with E-state index in [1.165, 1.54) is 0 Å². The Morgan fingerprint density at radius 1 is 1.03 bits per heavy atom. The Balaban J connectivity index is 1.74. The van der Waals surface area contributed by atoms with Crippen molar-refractivity contribution < 1.29 is 14.6 Å². The predicted molar refractivity (Wildman–Crippen MR) is 111 cm³/mol. The molecule has 0 spiro atoms. The van der Waals surface area contributed by atoms with Crippen molar-refractivity contribution in [2.75, 3.05) is 13.2 Å². The minimum Gasteiger partial charge on any atom is -0.508 e. The van der Waals surface area contributed by atoms with E-state index < -0.39 is 0 Å². The molecule has 6 nitrogen and oxygen atoms in total. The van der Waals surface area contributed by atoms with E-state index in [9.17, 15) is 9.90 Å². The maximum atomic E-state index is 13.2. The number of phenols is 1. The summed E-state index contributed by atoms with van der Waals surface area (Å²) in [7, 11) is 0. The van der Waals surface area contributed by atoms with Crippen LogP contribution in [0, 0.1) is 5.92 Å². The van der Waals surface area contributed by atoms with Crippen LogP contribution in [-0.2, 0) is 4.79 Å². The zero-order valence-corrected chi connectivity index (χ0v) is 17.0. The normalized spacial score (nSPS) is 26.0. The van der Waals surface area contributed by atoms with Gasteiger partial charge in [-0.05, 0) is 36.6 Å². The van der Waals surface area contributed by atoms with Crippen LogP contribution in [0.3, 0.4) is 0 Å². The number of para-hydroxylation sites is 1. The van der Waals surface area contributed by atoms with Gasteiger partial charge in [0, 0.05) is 18.0 Å². The second-order valence-corrected chi connectivity index (χ2v) is 7.78. The number of aromatic hydroxyl groups is 1. The van der Waals surface area contributed by atoms with Crippen LogP contribution in [0.1, 0.15) is 49.9 Å². The number of rotatable bonds is 7. The molecule has 4 atom stereocenters. The fourth-order valence-corrected chi connectivity index (χ4v) is 4.62. The van der Waals surface area contributed by atoms with Gasteiger partial charge in [-0.1, -0.05) is 44.2 Å². The molecule has 154 valence electrons. The first-order valence-electron chi connectivity index (χ1n) is 10.5. The quantitative estimate of drug-likeness (QED) is 0.671. The van der Waals surface area contributed by atoms with Gasteiger partial charge in [-0.15, -0.1) is 0 Å². The molecule has 2 heterocycles. The Morgan fingerprint density at radius 2 is 1.83 bits per heavy atom. The Bertz CT molecular complexity index is 872. The number of nitrogens with zero attached hydrogens (tertiary/aromatic N) is 1. The summed E-state index contributed by atoms with van der Waals surface area (Å²) in [6.45, 7) is 5.54. The average molecular weight is 396 g/mol. The van der Waals surface area contributed by atoms with Crippen molar-refractivity contribution in [1.82, 2.24) is 15.8 Å². The van der Waals surface area contributed by atoms with E-state index in [-0.39, 0.29) is 35.7 Å². The zero-order valence-electron chi connectivity index (χ0n) is 17.0. The van der Waals surface area contributed by atoms with Gasteiger partial charge in [0.05, 0.1) is 18.7 Å². The van der Waals surface area contributed by atoms with Crippen molar-refractivity contribution >= 4 is 5.91 Å². The largest absolute Gasteiger partial charge is 0.508 e. The first-order chi connectivity index (χ1) is 14.2. The molecule has 29 heavy (non-hydrogen) atoms. The highest BCUT2D eigenvalue weighted by atomic mass is 16.5. The smallest absolute Gasteiger partial charge is 0.242 e. The molecule has 0 radical (unpaired) electrons. The molecule has 3 N–H and O–H groups in total. The van der Waals surface area contributed by atoms with E-state index in [1.807, 2.05) is 35.2 Å². The minimum atomic E-state index is -0.323. The number of hydrogen-bond acceptors (Lipinski definition) is 5. The Hall–Kier alpha value is -2.57.